The molecule has 0 saturated heterocycles. The first-order chi connectivity index (χ1) is 13.5. The van der Waals surface area contributed by atoms with Crippen molar-refractivity contribution in [3.8, 4) is 11.4 Å². The molecular formula is C20H16BrFN2O4. The van der Waals surface area contributed by atoms with E-state index >= 15 is 0 Å². The van der Waals surface area contributed by atoms with Crippen LogP contribution in [0.25, 0.3) is 5.69 Å². The summed E-state index contributed by atoms with van der Waals surface area (Å²) in [6.45, 7) is 1.94. The lowest BCUT2D eigenvalue weighted by Gasteiger charge is -2.12. The lowest BCUT2D eigenvalue weighted by atomic mass is 10.2. The Morgan fingerprint density at radius 2 is 1.82 bits per heavy atom. The number of hydrogen-bond donors (Lipinski definition) is 0. The van der Waals surface area contributed by atoms with Crippen LogP contribution in [-0.4, -0.2) is 22.4 Å². The Kier molecular flexibility index (Phi) is 6.20. The van der Waals surface area contributed by atoms with Gasteiger partial charge in [0.1, 0.15) is 12.4 Å². The van der Waals surface area contributed by atoms with Crippen LogP contribution in [0.3, 0.4) is 0 Å². The molecule has 1 aromatic heterocycles. The number of hydrogen-bond acceptors (Lipinski definition) is 5. The summed E-state index contributed by atoms with van der Waals surface area (Å²) < 4.78 is 25.8. The van der Waals surface area contributed by atoms with Gasteiger partial charge in [-0.2, -0.15) is 9.78 Å². The number of carbonyl (C=O) groups is 1. The number of esters is 1. The van der Waals surface area contributed by atoms with Crippen LogP contribution in [0.15, 0.2) is 63.9 Å². The molecule has 0 radical (unpaired) electrons. The van der Waals surface area contributed by atoms with Gasteiger partial charge in [-0.1, -0.05) is 28.1 Å². The third-order valence-electron chi connectivity index (χ3n) is 3.74. The second-order valence-electron chi connectivity index (χ2n) is 5.72. The van der Waals surface area contributed by atoms with Crippen LogP contribution in [0.1, 0.15) is 23.0 Å². The van der Waals surface area contributed by atoms with Crippen molar-refractivity contribution in [1.82, 2.24) is 9.78 Å². The maximum Gasteiger partial charge on any atom is 0.362 e. The molecule has 28 heavy (non-hydrogen) atoms. The highest BCUT2D eigenvalue weighted by Crippen LogP contribution is 2.19. The molecule has 0 N–H and O–H groups in total. The van der Waals surface area contributed by atoms with Crippen molar-refractivity contribution in [2.45, 2.75) is 13.5 Å². The molecule has 6 nitrogen and oxygen atoms in total. The predicted octanol–water partition coefficient (Wildman–Crippen LogP) is 3.89. The van der Waals surface area contributed by atoms with Gasteiger partial charge in [0, 0.05) is 4.47 Å². The standard InChI is InChI=1S/C20H16BrFN2O4/c1-2-27-20(26)19-17(28-12-13-3-5-14(21)6-4-13)11-18(25)24(23-19)16-9-7-15(22)8-10-16/h3-11H,2,12H2,1H3. The third kappa shape index (κ3) is 4.64. The van der Waals surface area contributed by atoms with E-state index in [1.165, 1.54) is 30.3 Å². The van der Waals surface area contributed by atoms with E-state index < -0.39 is 17.3 Å². The van der Waals surface area contributed by atoms with Crippen molar-refractivity contribution in [2.24, 2.45) is 0 Å². The van der Waals surface area contributed by atoms with Crippen LogP contribution >= 0.6 is 15.9 Å². The molecule has 3 rings (SSSR count). The van der Waals surface area contributed by atoms with Gasteiger partial charge in [0.05, 0.1) is 18.4 Å². The summed E-state index contributed by atoms with van der Waals surface area (Å²) in [7, 11) is 0. The number of rotatable bonds is 6. The van der Waals surface area contributed by atoms with E-state index in [0.717, 1.165) is 14.7 Å². The minimum absolute atomic E-state index is 0.0183. The first kappa shape index (κ1) is 19.8. The smallest absolute Gasteiger partial charge is 0.362 e. The normalized spacial score (nSPS) is 10.5. The highest BCUT2D eigenvalue weighted by molar-refractivity contribution is 9.10. The summed E-state index contributed by atoms with van der Waals surface area (Å²) in [5.74, 6) is -1.15. The van der Waals surface area contributed by atoms with E-state index in [0.29, 0.717) is 5.69 Å². The molecule has 144 valence electrons. The minimum Gasteiger partial charge on any atom is -0.486 e. The van der Waals surface area contributed by atoms with Crippen LogP contribution in [0.5, 0.6) is 5.75 Å². The van der Waals surface area contributed by atoms with E-state index in [4.69, 9.17) is 9.47 Å². The Morgan fingerprint density at radius 3 is 2.46 bits per heavy atom. The van der Waals surface area contributed by atoms with Crippen LogP contribution in [0.2, 0.25) is 0 Å². The minimum atomic E-state index is -0.718. The maximum absolute atomic E-state index is 13.2. The number of ether oxygens (including phenoxy) is 2. The van der Waals surface area contributed by atoms with Crippen molar-refractivity contribution < 1.29 is 18.7 Å². The molecule has 8 heteroatoms. The zero-order chi connectivity index (χ0) is 20.1. The molecule has 0 aliphatic rings. The largest absolute Gasteiger partial charge is 0.486 e. The van der Waals surface area contributed by atoms with E-state index in [9.17, 15) is 14.0 Å². The molecule has 2 aromatic carbocycles. The summed E-state index contributed by atoms with van der Waals surface area (Å²) in [6.07, 6.45) is 0. The SMILES string of the molecule is CCOC(=O)c1nn(-c2ccc(F)cc2)c(=O)cc1OCc1ccc(Br)cc1. The van der Waals surface area contributed by atoms with E-state index in [2.05, 4.69) is 21.0 Å². The Labute approximate surface area is 168 Å². The fourth-order valence-electron chi connectivity index (χ4n) is 2.40. The summed E-state index contributed by atoms with van der Waals surface area (Å²) >= 11 is 3.35. The molecular weight excluding hydrogens is 431 g/mol. The molecule has 0 fully saturated rings. The average molecular weight is 447 g/mol. The van der Waals surface area contributed by atoms with Crippen molar-refractivity contribution in [3.63, 3.8) is 0 Å². The molecule has 0 bridgehead atoms. The Bertz CT molecular complexity index is 1030. The molecule has 1 heterocycles. The topological polar surface area (TPSA) is 70.4 Å². The molecule has 0 unspecified atom stereocenters. The van der Waals surface area contributed by atoms with Crippen molar-refractivity contribution in [3.05, 3.63) is 86.5 Å². The van der Waals surface area contributed by atoms with Crippen molar-refractivity contribution in [2.75, 3.05) is 6.61 Å². The lowest BCUT2D eigenvalue weighted by Crippen LogP contribution is -2.25. The number of carbonyl (C=O) groups excluding carboxylic acids is 1. The Balaban J connectivity index is 1.97. The Hall–Kier alpha value is -3.00. The number of nitrogens with zero attached hydrogens (tertiary/aromatic N) is 2. The summed E-state index contributed by atoms with van der Waals surface area (Å²) in [4.78, 5) is 24.8. The van der Waals surface area contributed by atoms with Gasteiger partial charge in [0.2, 0.25) is 5.69 Å². The molecule has 0 spiro atoms. The first-order valence-corrected chi connectivity index (χ1v) is 9.22. The average Bonchev–Trinajstić information content (AvgIpc) is 2.68. The molecule has 0 amide bonds. The van der Waals surface area contributed by atoms with Gasteiger partial charge < -0.3 is 9.47 Å². The zero-order valence-corrected chi connectivity index (χ0v) is 16.5. The van der Waals surface area contributed by atoms with Gasteiger partial charge in [-0.05, 0) is 48.9 Å². The predicted molar refractivity (Wildman–Crippen MR) is 104 cm³/mol. The van der Waals surface area contributed by atoms with Gasteiger partial charge in [-0.15, -0.1) is 0 Å². The zero-order valence-electron chi connectivity index (χ0n) is 14.9. The summed E-state index contributed by atoms with van der Waals surface area (Å²) in [5.41, 5.74) is 0.505. The Morgan fingerprint density at radius 1 is 1.14 bits per heavy atom. The van der Waals surface area contributed by atoms with Gasteiger partial charge >= 0.3 is 5.97 Å². The quantitative estimate of drug-likeness (QED) is 0.537. The van der Waals surface area contributed by atoms with Gasteiger partial charge in [0.25, 0.3) is 5.56 Å². The maximum atomic E-state index is 13.2. The fourth-order valence-corrected chi connectivity index (χ4v) is 2.66. The van der Waals surface area contributed by atoms with Crippen LogP contribution in [0.4, 0.5) is 4.39 Å². The van der Waals surface area contributed by atoms with E-state index in [-0.39, 0.29) is 24.7 Å². The van der Waals surface area contributed by atoms with Crippen molar-refractivity contribution in [1.29, 1.82) is 0 Å². The molecule has 0 aliphatic heterocycles. The van der Waals surface area contributed by atoms with Crippen molar-refractivity contribution >= 4 is 21.9 Å². The number of halogens is 2. The van der Waals surface area contributed by atoms with Crippen LogP contribution in [-0.2, 0) is 11.3 Å². The monoisotopic (exact) mass is 446 g/mol. The van der Waals surface area contributed by atoms with Crippen LogP contribution in [0, 0.1) is 5.82 Å². The lowest BCUT2D eigenvalue weighted by molar-refractivity contribution is 0.0511. The number of aromatic nitrogens is 2. The molecule has 0 aliphatic carbocycles. The number of benzene rings is 2. The first-order valence-electron chi connectivity index (χ1n) is 8.42. The second-order valence-corrected chi connectivity index (χ2v) is 6.63. The van der Waals surface area contributed by atoms with E-state index in [1.54, 1.807) is 6.92 Å². The summed E-state index contributed by atoms with van der Waals surface area (Å²) in [6, 6.07) is 13.8. The van der Waals surface area contributed by atoms with Crippen LogP contribution < -0.4 is 10.3 Å². The molecule has 3 aromatic rings. The third-order valence-corrected chi connectivity index (χ3v) is 4.27. The van der Waals surface area contributed by atoms with Gasteiger partial charge in [-0.3, -0.25) is 4.79 Å². The highest BCUT2D eigenvalue weighted by atomic mass is 79.9. The van der Waals surface area contributed by atoms with Gasteiger partial charge in [0.15, 0.2) is 5.75 Å². The molecule has 0 atom stereocenters. The second kappa shape index (κ2) is 8.79. The fraction of sp³-hybridized carbons (Fsp3) is 0.150. The molecule has 0 saturated carbocycles. The summed E-state index contributed by atoms with van der Waals surface area (Å²) in [5, 5.41) is 4.09. The van der Waals surface area contributed by atoms with Gasteiger partial charge in [-0.25, -0.2) is 9.18 Å². The van der Waals surface area contributed by atoms with E-state index in [1.807, 2.05) is 24.3 Å². The highest BCUT2D eigenvalue weighted by Gasteiger charge is 2.20.